The third kappa shape index (κ3) is 2.78. The van der Waals surface area contributed by atoms with Crippen molar-refractivity contribution in [1.82, 2.24) is 15.2 Å². The number of aromatic nitrogens is 3. The average Bonchev–Trinajstić information content (AvgIpc) is 3.10. The number of ether oxygens (including phenoxy) is 1. The molecule has 0 bridgehead atoms. The summed E-state index contributed by atoms with van der Waals surface area (Å²) >= 11 is 3.24. The lowest BCUT2D eigenvalue weighted by atomic mass is 10.2. The lowest BCUT2D eigenvalue weighted by molar-refractivity contribution is 0.318. The van der Waals surface area contributed by atoms with Crippen molar-refractivity contribution < 1.29 is 14.3 Å². The van der Waals surface area contributed by atoms with Gasteiger partial charge in [-0.3, -0.25) is 5.10 Å². The number of H-pyrrole nitrogens is 1. The van der Waals surface area contributed by atoms with Gasteiger partial charge in [-0.15, -0.1) is 0 Å². The van der Waals surface area contributed by atoms with Crippen LogP contribution in [0.15, 0.2) is 39.4 Å². The summed E-state index contributed by atoms with van der Waals surface area (Å²) in [5.74, 6) is 2.11. The van der Waals surface area contributed by atoms with Gasteiger partial charge in [0.25, 0.3) is 0 Å². The molecule has 0 amide bonds. The van der Waals surface area contributed by atoms with Crippen LogP contribution in [-0.2, 0) is 0 Å². The van der Waals surface area contributed by atoms with Gasteiger partial charge in [0.2, 0.25) is 0 Å². The molecule has 2 heterocycles. The molecule has 0 atom stereocenters. The summed E-state index contributed by atoms with van der Waals surface area (Å²) in [7, 11) is 0. The van der Waals surface area contributed by atoms with Gasteiger partial charge in [-0.05, 0) is 53.2 Å². The highest BCUT2D eigenvalue weighted by atomic mass is 79.9. The Morgan fingerprint density at radius 3 is 2.90 bits per heavy atom. The molecule has 0 unspecified atom stereocenters. The fraction of sp³-hybridized carbons (Fsp3) is 0.143. The number of halogens is 1. The zero-order valence-corrected chi connectivity index (χ0v) is 12.7. The molecule has 3 aromatic rings. The Morgan fingerprint density at radius 1 is 1.33 bits per heavy atom. The van der Waals surface area contributed by atoms with Crippen LogP contribution < -0.4 is 4.74 Å². The number of nitrogens with one attached hydrogen (secondary N) is 1. The third-order valence-corrected chi connectivity index (χ3v) is 3.24. The molecule has 0 saturated carbocycles. The van der Waals surface area contributed by atoms with E-state index in [1.807, 2.05) is 6.92 Å². The number of benzene rings is 1. The second-order valence-electron chi connectivity index (χ2n) is 4.23. The van der Waals surface area contributed by atoms with Crippen LogP contribution in [0.25, 0.3) is 23.0 Å². The molecule has 0 aliphatic carbocycles. The predicted molar refractivity (Wildman–Crippen MR) is 80.1 cm³/mol. The van der Waals surface area contributed by atoms with E-state index in [4.69, 9.17) is 9.15 Å². The first kappa shape index (κ1) is 13.7. The van der Waals surface area contributed by atoms with Crippen LogP contribution in [0.5, 0.6) is 11.5 Å². The van der Waals surface area contributed by atoms with Crippen molar-refractivity contribution >= 4 is 15.9 Å². The predicted octanol–water partition coefficient (Wildman–Crippen LogP) is 3.60. The summed E-state index contributed by atoms with van der Waals surface area (Å²) in [6.45, 7) is 2.32. The van der Waals surface area contributed by atoms with Crippen LogP contribution in [-0.4, -0.2) is 26.9 Å². The number of phenols is 1. The molecular weight excluding hydrogens is 338 g/mol. The van der Waals surface area contributed by atoms with Crippen LogP contribution in [0.2, 0.25) is 0 Å². The van der Waals surface area contributed by atoms with Crippen LogP contribution >= 0.6 is 15.9 Å². The smallest absolute Gasteiger partial charge is 0.192 e. The summed E-state index contributed by atoms with van der Waals surface area (Å²) in [5.41, 5.74) is 0.740. The van der Waals surface area contributed by atoms with Gasteiger partial charge >= 0.3 is 0 Å². The largest absolute Gasteiger partial charge is 0.504 e. The fourth-order valence-corrected chi connectivity index (χ4v) is 2.17. The molecular formula is C14H12BrN3O3. The van der Waals surface area contributed by atoms with E-state index in [-0.39, 0.29) is 5.75 Å². The van der Waals surface area contributed by atoms with Gasteiger partial charge in [0, 0.05) is 5.56 Å². The summed E-state index contributed by atoms with van der Waals surface area (Å²) in [4.78, 5) is 4.38. The average molecular weight is 350 g/mol. The molecule has 0 fully saturated rings. The number of hydrogen-bond acceptors (Lipinski definition) is 5. The number of hydrogen-bond donors (Lipinski definition) is 2. The van der Waals surface area contributed by atoms with Crippen LogP contribution in [0.4, 0.5) is 0 Å². The van der Waals surface area contributed by atoms with E-state index in [1.165, 1.54) is 0 Å². The van der Waals surface area contributed by atoms with Gasteiger partial charge in [-0.1, -0.05) is 0 Å². The number of aromatic hydroxyl groups is 1. The van der Waals surface area contributed by atoms with Crippen molar-refractivity contribution in [2.45, 2.75) is 6.92 Å². The number of rotatable bonds is 4. The summed E-state index contributed by atoms with van der Waals surface area (Å²) < 4.78 is 11.4. The SMILES string of the molecule is CCOc1cc(-c2n[nH]c(-c3ccc(Br)o3)n2)ccc1O. The molecule has 0 aliphatic rings. The molecule has 0 saturated heterocycles. The topological polar surface area (TPSA) is 84.2 Å². The lowest BCUT2D eigenvalue weighted by Crippen LogP contribution is -1.92. The first-order chi connectivity index (χ1) is 10.2. The minimum atomic E-state index is 0.0892. The van der Waals surface area contributed by atoms with Crippen LogP contribution in [0.3, 0.4) is 0 Å². The molecule has 3 rings (SSSR count). The van der Waals surface area contributed by atoms with E-state index >= 15 is 0 Å². The van der Waals surface area contributed by atoms with Crippen molar-refractivity contribution in [3.05, 3.63) is 35.0 Å². The van der Waals surface area contributed by atoms with Gasteiger partial charge in [0.15, 0.2) is 33.6 Å². The lowest BCUT2D eigenvalue weighted by Gasteiger charge is -2.06. The highest BCUT2D eigenvalue weighted by molar-refractivity contribution is 9.10. The highest BCUT2D eigenvalue weighted by Gasteiger charge is 2.12. The summed E-state index contributed by atoms with van der Waals surface area (Å²) in [6, 6.07) is 8.55. The maximum atomic E-state index is 9.71. The fourth-order valence-electron chi connectivity index (χ4n) is 1.87. The van der Waals surface area contributed by atoms with Gasteiger partial charge in [-0.2, -0.15) is 5.10 Å². The van der Waals surface area contributed by atoms with Crippen molar-refractivity contribution in [1.29, 1.82) is 0 Å². The van der Waals surface area contributed by atoms with Gasteiger partial charge in [0.05, 0.1) is 6.61 Å². The normalized spacial score (nSPS) is 10.8. The molecule has 108 valence electrons. The maximum Gasteiger partial charge on any atom is 0.192 e. The Hall–Kier alpha value is -2.28. The number of nitrogens with zero attached hydrogens (tertiary/aromatic N) is 2. The molecule has 2 N–H and O–H groups in total. The molecule has 21 heavy (non-hydrogen) atoms. The third-order valence-electron chi connectivity index (χ3n) is 2.81. The Bertz CT molecular complexity index is 766. The molecule has 1 aromatic carbocycles. The maximum absolute atomic E-state index is 9.71. The van der Waals surface area contributed by atoms with E-state index in [0.717, 1.165) is 5.56 Å². The highest BCUT2D eigenvalue weighted by Crippen LogP contribution is 2.31. The van der Waals surface area contributed by atoms with Crippen LogP contribution in [0, 0.1) is 0 Å². The van der Waals surface area contributed by atoms with Crippen molar-refractivity contribution in [3.63, 3.8) is 0 Å². The zero-order chi connectivity index (χ0) is 14.8. The summed E-state index contributed by atoms with van der Waals surface area (Å²) in [5, 5.41) is 16.7. The Kier molecular flexibility index (Phi) is 3.66. The number of furan rings is 1. The minimum Gasteiger partial charge on any atom is -0.504 e. The summed E-state index contributed by atoms with van der Waals surface area (Å²) in [6.07, 6.45) is 0. The van der Waals surface area contributed by atoms with Crippen molar-refractivity contribution in [2.75, 3.05) is 6.61 Å². The molecule has 0 spiro atoms. The second-order valence-corrected chi connectivity index (χ2v) is 5.01. The molecule has 6 nitrogen and oxygen atoms in total. The zero-order valence-electron chi connectivity index (χ0n) is 11.1. The van der Waals surface area contributed by atoms with E-state index in [9.17, 15) is 5.11 Å². The Balaban J connectivity index is 1.94. The molecule has 0 radical (unpaired) electrons. The monoisotopic (exact) mass is 349 g/mol. The van der Waals surface area contributed by atoms with Gasteiger partial charge < -0.3 is 14.3 Å². The van der Waals surface area contributed by atoms with Crippen molar-refractivity contribution in [2.24, 2.45) is 0 Å². The van der Waals surface area contributed by atoms with Gasteiger partial charge in [0.1, 0.15) is 0 Å². The first-order valence-electron chi connectivity index (χ1n) is 6.31. The van der Waals surface area contributed by atoms with E-state index in [0.29, 0.717) is 34.4 Å². The van der Waals surface area contributed by atoms with E-state index < -0.39 is 0 Å². The first-order valence-corrected chi connectivity index (χ1v) is 7.11. The van der Waals surface area contributed by atoms with E-state index in [1.54, 1.807) is 30.3 Å². The number of aromatic amines is 1. The van der Waals surface area contributed by atoms with Crippen molar-refractivity contribution in [3.8, 4) is 34.5 Å². The molecule has 0 aliphatic heterocycles. The number of phenolic OH excluding ortho intramolecular Hbond substituents is 1. The standard InChI is InChI=1S/C14H12BrN3O3/c1-2-20-11-7-8(3-4-9(11)19)13-16-14(18-17-13)10-5-6-12(15)21-10/h3-7,19H,2H2,1H3,(H,16,17,18). The van der Waals surface area contributed by atoms with Crippen LogP contribution in [0.1, 0.15) is 6.92 Å². The van der Waals surface area contributed by atoms with Gasteiger partial charge in [-0.25, -0.2) is 4.98 Å². The Morgan fingerprint density at radius 2 is 2.19 bits per heavy atom. The molecule has 2 aromatic heterocycles. The van der Waals surface area contributed by atoms with E-state index in [2.05, 4.69) is 31.1 Å². The second kappa shape index (κ2) is 5.61. The minimum absolute atomic E-state index is 0.0892. The quantitative estimate of drug-likeness (QED) is 0.751. The molecule has 7 heteroatoms. The Labute approximate surface area is 128 Å².